The minimum Gasteiger partial charge on any atom is -0.486 e. The number of hydrogen-bond acceptors (Lipinski definition) is 6. The van der Waals surface area contributed by atoms with Crippen LogP contribution in [0.4, 0.5) is 5.69 Å². The summed E-state index contributed by atoms with van der Waals surface area (Å²) >= 11 is 5.05. The average Bonchev–Trinajstić information content (AvgIpc) is 3.22. The van der Waals surface area contributed by atoms with Gasteiger partial charge in [0.05, 0.1) is 21.5 Å². The molecule has 0 spiro atoms. The summed E-state index contributed by atoms with van der Waals surface area (Å²) in [6.45, 7) is 0.851. The fourth-order valence-corrected chi connectivity index (χ4v) is 4.66. The van der Waals surface area contributed by atoms with Crippen LogP contribution in [0.2, 0.25) is 0 Å². The summed E-state index contributed by atoms with van der Waals surface area (Å²) in [4.78, 5) is 17.2. The van der Waals surface area contributed by atoms with Gasteiger partial charge in [-0.2, -0.15) is 0 Å². The number of halogens is 1. The highest BCUT2D eigenvalue weighted by Gasteiger charge is 2.17. The molecular formula is C23H17BrN2O4S. The highest BCUT2D eigenvalue weighted by atomic mass is 79.9. The van der Waals surface area contributed by atoms with E-state index in [2.05, 4.69) is 21.2 Å². The molecule has 0 bridgehead atoms. The van der Waals surface area contributed by atoms with Crippen molar-refractivity contribution in [2.75, 3.05) is 25.1 Å². The van der Waals surface area contributed by atoms with Crippen molar-refractivity contribution in [3.05, 3.63) is 65.1 Å². The monoisotopic (exact) mass is 496 g/mol. The molecule has 1 aliphatic heterocycles. The number of carbonyl (C=O) groups excluding carboxylic acids is 1. The first kappa shape index (κ1) is 19.8. The molecule has 3 aromatic carbocycles. The molecule has 0 fully saturated rings. The van der Waals surface area contributed by atoms with Crippen LogP contribution in [0.3, 0.4) is 0 Å². The first-order chi connectivity index (χ1) is 15.2. The number of anilines is 1. The van der Waals surface area contributed by atoms with Crippen LogP contribution in [0.25, 0.3) is 20.8 Å². The molecule has 8 heteroatoms. The Morgan fingerprint density at radius 1 is 1.06 bits per heavy atom. The Morgan fingerprint density at radius 2 is 1.81 bits per heavy atom. The second-order valence-electron chi connectivity index (χ2n) is 6.80. The number of hydrogen-bond donors (Lipinski definition) is 1. The first-order valence-corrected chi connectivity index (χ1v) is 11.2. The minimum absolute atomic E-state index is 0.136. The van der Waals surface area contributed by atoms with E-state index in [-0.39, 0.29) is 12.5 Å². The molecule has 6 nitrogen and oxygen atoms in total. The predicted octanol–water partition coefficient (Wildman–Crippen LogP) is 5.51. The highest BCUT2D eigenvalue weighted by molar-refractivity contribution is 9.10. The topological polar surface area (TPSA) is 69.7 Å². The van der Waals surface area contributed by atoms with Crippen molar-refractivity contribution in [2.24, 2.45) is 0 Å². The normalized spacial score (nSPS) is 12.5. The smallest absolute Gasteiger partial charge is 0.262 e. The molecule has 4 aromatic rings. The van der Waals surface area contributed by atoms with E-state index in [9.17, 15) is 4.79 Å². The molecule has 0 saturated heterocycles. The fourth-order valence-electron chi connectivity index (χ4n) is 3.25. The number of para-hydroxylation sites is 2. The zero-order valence-corrected chi connectivity index (χ0v) is 18.7. The Labute approximate surface area is 190 Å². The van der Waals surface area contributed by atoms with Gasteiger partial charge in [-0.3, -0.25) is 4.79 Å². The van der Waals surface area contributed by atoms with E-state index in [1.165, 1.54) is 0 Å². The van der Waals surface area contributed by atoms with E-state index in [4.69, 9.17) is 19.2 Å². The summed E-state index contributed by atoms with van der Waals surface area (Å²) in [6, 6.07) is 19.1. The van der Waals surface area contributed by atoms with Gasteiger partial charge < -0.3 is 19.5 Å². The lowest BCUT2D eigenvalue weighted by atomic mass is 10.2. The van der Waals surface area contributed by atoms with Crippen LogP contribution >= 0.6 is 27.3 Å². The van der Waals surface area contributed by atoms with E-state index in [0.29, 0.717) is 40.6 Å². The van der Waals surface area contributed by atoms with E-state index < -0.39 is 0 Å². The number of thiazole rings is 1. The van der Waals surface area contributed by atoms with E-state index in [1.807, 2.05) is 48.5 Å². The molecule has 1 amide bonds. The van der Waals surface area contributed by atoms with Crippen molar-refractivity contribution >= 4 is 49.1 Å². The van der Waals surface area contributed by atoms with Crippen molar-refractivity contribution in [2.45, 2.75) is 0 Å². The third-order valence-corrected chi connectivity index (χ3v) is 6.40. The number of fused-ring (bicyclic) bond motifs is 2. The molecule has 1 N–H and O–H groups in total. The maximum atomic E-state index is 12.6. The Bertz CT molecular complexity index is 1240. The molecule has 1 aliphatic rings. The summed E-state index contributed by atoms with van der Waals surface area (Å²) in [7, 11) is 0. The molecule has 5 rings (SSSR count). The van der Waals surface area contributed by atoms with E-state index in [0.717, 1.165) is 20.8 Å². The third kappa shape index (κ3) is 4.22. The molecule has 0 saturated carbocycles. The number of nitrogens with one attached hydrogen (secondary N) is 1. The Balaban J connectivity index is 1.31. The summed E-state index contributed by atoms with van der Waals surface area (Å²) in [5.41, 5.74) is 2.40. The van der Waals surface area contributed by atoms with Crippen molar-refractivity contribution in [1.29, 1.82) is 0 Å². The zero-order valence-electron chi connectivity index (χ0n) is 16.3. The number of carbonyl (C=O) groups is 1. The molecule has 31 heavy (non-hydrogen) atoms. The van der Waals surface area contributed by atoms with Gasteiger partial charge in [-0.05, 0) is 40.2 Å². The van der Waals surface area contributed by atoms with Gasteiger partial charge in [0, 0.05) is 16.6 Å². The van der Waals surface area contributed by atoms with Gasteiger partial charge in [0.15, 0.2) is 18.1 Å². The largest absolute Gasteiger partial charge is 0.486 e. The molecule has 0 aliphatic carbocycles. The number of aromatic nitrogens is 1. The molecule has 0 radical (unpaired) electrons. The van der Waals surface area contributed by atoms with Crippen LogP contribution in [0.5, 0.6) is 17.2 Å². The molecule has 1 aromatic heterocycles. The lowest BCUT2D eigenvalue weighted by Crippen LogP contribution is -2.21. The highest BCUT2D eigenvalue weighted by Crippen LogP contribution is 2.38. The molecule has 0 unspecified atom stereocenters. The molecule has 0 atom stereocenters. The average molecular weight is 497 g/mol. The van der Waals surface area contributed by atoms with Crippen LogP contribution in [0, 0.1) is 0 Å². The van der Waals surface area contributed by atoms with Gasteiger partial charge in [0.25, 0.3) is 5.91 Å². The summed E-state index contributed by atoms with van der Waals surface area (Å²) < 4.78 is 18.8. The van der Waals surface area contributed by atoms with Crippen molar-refractivity contribution in [1.82, 2.24) is 4.98 Å². The van der Waals surface area contributed by atoms with Crippen molar-refractivity contribution in [3.8, 4) is 27.8 Å². The lowest BCUT2D eigenvalue weighted by molar-refractivity contribution is -0.118. The molecular weight excluding hydrogens is 480 g/mol. The van der Waals surface area contributed by atoms with Gasteiger partial charge in [-0.15, -0.1) is 11.3 Å². The van der Waals surface area contributed by atoms with E-state index in [1.54, 1.807) is 23.5 Å². The second-order valence-corrected chi connectivity index (χ2v) is 8.68. The van der Waals surface area contributed by atoms with E-state index >= 15 is 0 Å². The number of nitrogens with zero attached hydrogens (tertiary/aromatic N) is 1. The van der Waals surface area contributed by atoms with Crippen LogP contribution in [-0.4, -0.2) is 30.7 Å². The van der Waals surface area contributed by atoms with Gasteiger partial charge in [-0.25, -0.2) is 4.98 Å². The third-order valence-electron chi connectivity index (χ3n) is 4.68. The predicted molar refractivity (Wildman–Crippen MR) is 124 cm³/mol. The van der Waals surface area contributed by atoms with Crippen molar-refractivity contribution in [3.63, 3.8) is 0 Å². The standard InChI is InChI=1S/C23H17BrN2O4S/c24-15-11-19-20(29-10-9-28-19)12-17(15)25-22(27)13-30-18-7-3-1-5-14(18)23-26-16-6-2-4-8-21(16)31-23/h1-8,11-12H,9-10,13H2,(H,25,27). The lowest BCUT2D eigenvalue weighted by Gasteiger charge is -2.20. The van der Waals surface area contributed by atoms with Crippen LogP contribution in [-0.2, 0) is 4.79 Å². The summed E-state index contributed by atoms with van der Waals surface area (Å²) in [6.07, 6.45) is 0. The second kappa shape index (κ2) is 8.56. The molecule has 156 valence electrons. The van der Waals surface area contributed by atoms with Crippen molar-refractivity contribution < 1.29 is 19.0 Å². The number of ether oxygens (including phenoxy) is 3. The number of amides is 1. The SMILES string of the molecule is O=C(COc1ccccc1-c1nc2ccccc2s1)Nc1cc2c(cc1Br)OCCO2. The zero-order chi connectivity index (χ0) is 21.2. The number of benzene rings is 3. The van der Waals surface area contributed by atoms with Gasteiger partial charge >= 0.3 is 0 Å². The first-order valence-electron chi connectivity index (χ1n) is 9.64. The summed E-state index contributed by atoms with van der Waals surface area (Å²) in [5, 5.41) is 3.71. The van der Waals surface area contributed by atoms with Crippen LogP contribution in [0.1, 0.15) is 0 Å². The van der Waals surface area contributed by atoms with Gasteiger partial charge in [0.2, 0.25) is 0 Å². The molecule has 2 heterocycles. The summed E-state index contributed by atoms with van der Waals surface area (Å²) in [5.74, 6) is 1.58. The van der Waals surface area contributed by atoms with Gasteiger partial charge in [0.1, 0.15) is 24.0 Å². The maximum absolute atomic E-state index is 12.6. The Hall–Kier alpha value is -3.10. The number of rotatable bonds is 5. The fraction of sp³-hybridized carbons (Fsp3) is 0.130. The van der Waals surface area contributed by atoms with Crippen LogP contribution in [0.15, 0.2) is 65.1 Å². The quantitative estimate of drug-likeness (QED) is 0.394. The van der Waals surface area contributed by atoms with Crippen LogP contribution < -0.4 is 19.5 Å². The Kier molecular flexibility index (Phi) is 5.48. The maximum Gasteiger partial charge on any atom is 0.262 e. The minimum atomic E-state index is -0.281. The van der Waals surface area contributed by atoms with Gasteiger partial charge in [-0.1, -0.05) is 24.3 Å². The Morgan fingerprint density at radius 3 is 2.65 bits per heavy atom.